The first-order valence-corrected chi connectivity index (χ1v) is 6.23. The van der Waals surface area contributed by atoms with Crippen molar-refractivity contribution in [2.75, 3.05) is 5.32 Å². The van der Waals surface area contributed by atoms with Crippen LogP contribution in [0.5, 0.6) is 0 Å². The van der Waals surface area contributed by atoms with Crippen molar-refractivity contribution in [1.82, 2.24) is 9.97 Å². The van der Waals surface area contributed by atoms with Crippen LogP contribution in [0, 0.1) is 22.9 Å². The van der Waals surface area contributed by atoms with Crippen LogP contribution in [-0.2, 0) is 0 Å². The third-order valence-electron chi connectivity index (χ3n) is 3.06. The van der Waals surface area contributed by atoms with Crippen molar-refractivity contribution in [3.63, 3.8) is 0 Å². The average Bonchev–Trinajstić information content (AvgIpc) is 2.93. The predicted molar refractivity (Wildman–Crippen MR) is 73.0 cm³/mol. The van der Waals surface area contributed by atoms with E-state index >= 15 is 0 Å². The smallest absolute Gasteiger partial charge is 0.295 e. The Hall–Kier alpha value is -2.44. The van der Waals surface area contributed by atoms with E-state index in [0.29, 0.717) is 17.8 Å². The van der Waals surface area contributed by atoms with Gasteiger partial charge in [-0.2, -0.15) is 0 Å². The number of halogens is 1. The molecule has 1 aromatic carbocycles. The largest absolute Gasteiger partial charge is 0.370 e. The number of imidazole rings is 1. The molecule has 0 aliphatic rings. The molecule has 0 saturated carbocycles. The fourth-order valence-corrected chi connectivity index (χ4v) is 1.96. The van der Waals surface area contributed by atoms with Gasteiger partial charge in [-0.05, 0) is 25.0 Å². The van der Waals surface area contributed by atoms with Gasteiger partial charge in [-0.15, -0.1) is 0 Å². The molecule has 0 saturated heterocycles. The topological polar surface area (TPSA) is 83.8 Å². The summed E-state index contributed by atoms with van der Waals surface area (Å²) in [6.45, 7) is 3.50. The van der Waals surface area contributed by atoms with Crippen LogP contribution < -0.4 is 5.32 Å². The molecule has 1 atom stereocenters. The normalized spacial score (nSPS) is 12.2. The van der Waals surface area contributed by atoms with Gasteiger partial charge < -0.3 is 10.3 Å². The van der Waals surface area contributed by atoms with E-state index in [0.717, 1.165) is 6.07 Å². The lowest BCUT2D eigenvalue weighted by Gasteiger charge is -2.16. The van der Waals surface area contributed by atoms with E-state index in [1.54, 1.807) is 19.3 Å². The van der Waals surface area contributed by atoms with Gasteiger partial charge in [0, 0.05) is 12.4 Å². The van der Waals surface area contributed by atoms with Crippen LogP contribution in [0.15, 0.2) is 24.5 Å². The highest BCUT2D eigenvalue weighted by atomic mass is 19.1. The van der Waals surface area contributed by atoms with Crippen LogP contribution in [0.25, 0.3) is 0 Å². The molecule has 2 N–H and O–H groups in total. The number of anilines is 1. The van der Waals surface area contributed by atoms with Crippen molar-refractivity contribution in [2.24, 2.45) is 0 Å². The molecule has 0 radical (unpaired) electrons. The Bertz CT molecular complexity index is 613. The Morgan fingerprint density at radius 3 is 2.85 bits per heavy atom. The molecule has 20 heavy (non-hydrogen) atoms. The van der Waals surface area contributed by atoms with E-state index in [1.165, 1.54) is 6.07 Å². The van der Waals surface area contributed by atoms with E-state index in [1.807, 2.05) is 6.92 Å². The van der Waals surface area contributed by atoms with Crippen molar-refractivity contribution < 1.29 is 9.31 Å². The average molecular weight is 278 g/mol. The second-order valence-electron chi connectivity index (χ2n) is 4.46. The number of rotatable bonds is 5. The molecule has 0 aliphatic carbocycles. The Kier molecular flexibility index (Phi) is 3.97. The minimum Gasteiger partial charge on any atom is -0.370 e. The van der Waals surface area contributed by atoms with Crippen molar-refractivity contribution in [2.45, 2.75) is 26.3 Å². The second kappa shape index (κ2) is 5.68. The van der Waals surface area contributed by atoms with Crippen LogP contribution in [-0.4, -0.2) is 14.9 Å². The number of nitrogens with zero attached hydrogens (tertiary/aromatic N) is 2. The van der Waals surface area contributed by atoms with Gasteiger partial charge in [-0.25, -0.2) is 9.37 Å². The third-order valence-corrected chi connectivity index (χ3v) is 3.06. The molecule has 0 amide bonds. The Balaban J connectivity index is 2.37. The standard InChI is InChI=1S/C13H15FN4O2/c1-3-10(13-15-4-5-16-13)17-11-6-8(2)9(14)7-12(11)18(19)20/h4-7,10,17H,3H2,1-2H3,(H,15,16). The van der Waals surface area contributed by atoms with Crippen molar-refractivity contribution in [3.05, 3.63) is 51.8 Å². The van der Waals surface area contributed by atoms with Crippen LogP contribution in [0.3, 0.4) is 0 Å². The quantitative estimate of drug-likeness (QED) is 0.649. The third kappa shape index (κ3) is 2.76. The maximum absolute atomic E-state index is 13.5. The Labute approximate surface area is 115 Å². The summed E-state index contributed by atoms with van der Waals surface area (Å²) in [6, 6.07) is 2.18. The number of hydrogen-bond donors (Lipinski definition) is 2. The zero-order valence-electron chi connectivity index (χ0n) is 11.2. The van der Waals surface area contributed by atoms with E-state index in [9.17, 15) is 14.5 Å². The molecule has 1 heterocycles. The highest BCUT2D eigenvalue weighted by Crippen LogP contribution is 2.31. The maximum Gasteiger partial charge on any atom is 0.295 e. The zero-order chi connectivity index (χ0) is 14.7. The van der Waals surface area contributed by atoms with Crippen molar-refractivity contribution in [3.8, 4) is 0 Å². The summed E-state index contributed by atoms with van der Waals surface area (Å²) in [5.74, 6) is 0.0945. The number of aromatic amines is 1. The molecule has 1 unspecified atom stereocenters. The lowest BCUT2D eigenvalue weighted by molar-refractivity contribution is -0.384. The van der Waals surface area contributed by atoms with Crippen LogP contribution in [0.1, 0.15) is 30.8 Å². The molecule has 1 aromatic heterocycles. The summed E-state index contributed by atoms with van der Waals surface area (Å²) in [7, 11) is 0. The monoisotopic (exact) mass is 278 g/mol. The highest BCUT2D eigenvalue weighted by Gasteiger charge is 2.20. The van der Waals surface area contributed by atoms with Crippen molar-refractivity contribution >= 4 is 11.4 Å². The van der Waals surface area contributed by atoms with Gasteiger partial charge in [0.2, 0.25) is 0 Å². The van der Waals surface area contributed by atoms with Gasteiger partial charge in [-0.3, -0.25) is 10.1 Å². The fourth-order valence-electron chi connectivity index (χ4n) is 1.96. The lowest BCUT2D eigenvalue weighted by atomic mass is 10.1. The molecule has 7 heteroatoms. The van der Waals surface area contributed by atoms with Gasteiger partial charge in [-0.1, -0.05) is 6.92 Å². The first-order chi connectivity index (χ1) is 9.52. The summed E-state index contributed by atoms with van der Waals surface area (Å²) < 4.78 is 13.5. The van der Waals surface area contributed by atoms with E-state index in [2.05, 4.69) is 15.3 Å². The number of hydrogen-bond acceptors (Lipinski definition) is 4. The van der Waals surface area contributed by atoms with Crippen LogP contribution >= 0.6 is 0 Å². The van der Waals surface area contributed by atoms with Gasteiger partial charge in [0.25, 0.3) is 5.69 Å². The summed E-state index contributed by atoms with van der Waals surface area (Å²) in [5.41, 5.74) is 0.364. The van der Waals surface area contributed by atoms with Gasteiger partial charge >= 0.3 is 0 Å². The molecule has 0 bridgehead atoms. The van der Waals surface area contributed by atoms with E-state index in [-0.39, 0.29) is 17.4 Å². The molecular weight excluding hydrogens is 263 g/mol. The number of nitro benzene ring substituents is 1. The Morgan fingerprint density at radius 1 is 1.55 bits per heavy atom. The number of H-pyrrole nitrogens is 1. The van der Waals surface area contributed by atoms with Crippen LogP contribution in [0.4, 0.5) is 15.8 Å². The van der Waals surface area contributed by atoms with E-state index in [4.69, 9.17) is 0 Å². The number of aryl methyl sites for hydroxylation is 1. The molecule has 106 valence electrons. The highest BCUT2D eigenvalue weighted by molar-refractivity contribution is 5.63. The number of benzene rings is 1. The number of nitro groups is 1. The lowest BCUT2D eigenvalue weighted by Crippen LogP contribution is -2.13. The molecule has 0 spiro atoms. The molecule has 2 rings (SSSR count). The predicted octanol–water partition coefficient (Wildman–Crippen LogP) is 3.33. The van der Waals surface area contributed by atoms with E-state index < -0.39 is 10.7 Å². The van der Waals surface area contributed by atoms with Crippen molar-refractivity contribution in [1.29, 1.82) is 0 Å². The number of aromatic nitrogens is 2. The first kappa shape index (κ1) is 14.0. The summed E-state index contributed by atoms with van der Waals surface area (Å²) in [4.78, 5) is 17.5. The van der Waals surface area contributed by atoms with Gasteiger partial charge in [0.15, 0.2) is 0 Å². The molecule has 0 aliphatic heterocycles. The van der Waals surface area contributed by atoms with Gasteiger partial charge in [0.05, 0.1) is 17.0 Å². The summed E-state index contributed by atoms with van der Waals surface area (Å²) in [5, 5.41) is 14.1. The zero-order valence-corrected chi connectivity index (χ0v) is 11.2. The van der Waals surface area contributed by atoms with Crippen LogP contribution in [0.2, 0.25) is 0 Å². The number of nitrogens with one attached hydrogen (secondary N) is 2. The molecule has 2 aromatic rings. The fraction of sp³-hybridized carbons (Fsp3) is 0.308. The maximum atomic E-state index is 13.5. The SMILES string of the molecule is CCC(Nc1cc(C)c(F)cc1[N+](=O)[O-])c1ncc[nH]1. The summed E-state index contributed by atoms with van der Waals surface area (Å²) in [6.07, 6.45) is 3.98. The minimum atomic E-state index is -0.598. The minimum absolute atomic E-state index is 0.200. The first-order valence-electron chi connectivity index (χ1n) is 6.23. The molecule has 6 nitrogen and oxygen atoms in total. The van der Waals surface area contributed by atoms with Gasteiger partial charge in [0.1, 0.15) is 17.3 Å². The Morgan fingerprint density at radius 2 is 2.30 bits per heavy atom. The molecular formula is C13H15FN4O2. The summed E-state index contributed by atoms with van der Waals surface area (Å²) >= 11 is 0. The molecule has 0 fully saturated rings. The second-order valence-corrected chi connectivity index (χ2v) is 4.46.